The third-order valence-corrected chi connectivity index (χ3v) is 8.11. The van der Waals surface area contributed by atoms with Gasteiger partial charge in [0.15, 0.2) is 9.84 Å². The van der Waals surface area contributed by atoms with Gasteiger partial charge in [-0.1, -0.05) is 18.2 Å². The van der Waals surface area contributed by atoms with Gasteiger partial charge in [0.1, 0.15) is 5.52 Å². The van der Waals surface area contributed by atoms with Crippen molar-refractivity contribution in [2.75, 3.05) is 13.1 Å². The number of fused-ring (bicyclic) bond motifs is 1. The van der Waals surface area contributed by atoms with E-state index in [9.17, 15) is 27.1 Å². The first-order valence-corrected chi connectivity index (χ1v) is 13.1. The number of halogens is 2. The molecule has 0 unspecified atom stereocenters. The van der Waals surface area contributed by atoms with Gasteiger partial charge in [0.2, 0.25) is 6.43 Å². The zero-order valence-corrected chi connectivity index (χ0v) is 19.9. The van der Waals surface area contributed by atoms with Crippen LogP contribution in [0.4, 0.5) is 8.78 Å². The maximum Gasteiger partial charge on any atom is 0.253 e. The van der Waals surface area contributed by atoms with Crippen LogP contribution in [-0.2, 0) is 15.6 Å². The molecule has 7 nitrogen and oxygen atoms in total. The van der Waals surface area contributed by atoms with Crippen LogP contribution in [0.1, 0.15) is 48.0 Å². The van der Waals surface area contributed by atoms with Gasteiger partial charge in [0.25, 0.3) is 5.91 Å². The molecule has 1 aliphatic heterocycles. The van der Waals surface area contributed by atoms with Crippen LogP contribution in [0.25, 0.3) is 11.0 Å². The summed E-state index contributed by atoms with van der Waals surface area (Å²) < 4.78 is 50.8. The van der Waals surface area contributed by atoms with E-state index in [0.717, 1.165) is 0 Å². The number of hydrogen-bond acceptors (Lipinski definition) is 6. The standard InChI is InChI=1S/C25H27F2N3O4S/c26-22(27)5-2-10-25(32)11-15-30(16-12-25)24(31)19-8-6-18(7-9-19)17-35(33,34)21-4-1-3-20-23(21)29-14-13-28-20/h1,3-4,6-9,13-14,22,32H,2,5,10-12,15-17H2. The second-order valence-electron chi connectivity index (χ2n) is 8.94. The largest absolute Gasteiger partial charge is 0.390 e. The van der Waals surface area contributed by atoms with Crippen LogP contribution < -0.4 is 0 Å². The minimum atomic E-state index is -3.69. The van der Waals surface area contributed by atoms with Crippen molar-refractivity contribution >= 4 is 26.8 Å². The molecule has 1 amide bonds. The van der Waals surface area contributed by atoms with Gasteiger partial charge in [-0.05, 0) is 55.5 Å². The fourth-order valence-corrected chi connectivity index (χ4v) is 5.93. The number of amides is 1. The molecule has 2 heterocycles. The van der Waals surface area contributed by atoms with Crippen molar-refractivity contribution in [3.63, 3.8) is 0 Å². The third kappa shape index (κ3) is 5.99. The maximum atomic E-state index is 13.0. The number of aliphatic hydroxyl groups is 1. The molecule has 1 fully saturated rings. The molecule has 0 atom stereocenters. The van der Waals surface area contributed by atoms with Gasteiger partial charge < -0.3 is 10.0 Å². The lowest BCUT2D eigenvalue weighted by molar-refractivity contribution is -0.0269. The lowest BCUT2D eigenvalue weighted by Gasteiger charge is -2.38. The number of carbonyl (C=O) groups is 1. The highest BCUT2D eigenvalue weighted by molar-refractivity contribution is 7.90. The molecule has 35 heavy (non-hydrogen) atoms. The summed E-state index contributed by atoms with van der Waals surface area (Å²) in [6.45, 7) is 0.671. The highest BCUT2D eigenvalue weighted by atomic mass is 32.2. The molecule has 1 aliphatic rings. The molecule has 1 saturated heterocycles. The molecule has 0 radical (unpaired) electrons. The van der Waals surface area contributed by atoms with E-state index >= 15 is 0 Å². The second kappa shape index (κ2) is 10.3. The van der Waals surface area contributed by atoms with Gasteiger partial charge in [-0.3, -0.25) is 14.8 Å². The smallest absolute Gasteiger partial charge is 0.253 e. The minimum absolute atomic E-state index is 0.109. The summed E-state index contributed by atoms with van der Waals surface area (Å²) in [6, 6.07) is 11.3. The van der Waals surface area contributed by atoms with Crippen LogP contribution in [0.3, 0.4) is 0 Å². The Labute approximate surface area is 202 Å². The molecule has 0 saturated carbocycles. The van der Waals surface area contributed by atoms with Crippen LogP contribution in [0.15, 0.2) is 59.8 Å². The summed E-state index contributed by atoms with van der Waals surface area (Å²) in [6.07, 6.45) is 1.57. The number of para-hydroxylation sites is 1. The van der Waals surface area contributed by atoms with Crippen LogP contribution in [0.2, 0.25) is 0 Å². The minimum Gasteiger partial charge on any atom is -0.390 e. The van der Waals surface area contributed by atoms with Crippen LogP contribution in [0.5, 0.6) is 0 Å². The Morgan fingerprint density at radius 2 is 1.74 bits per heavy atom. The quantitative estimate of drug-likeness (QED) is 0.499. The van der Waals surface area contributed by atoms with E-state index in [0.29, 0.717) is 54.5 Å². The molecule has 1 aromatic heterocycles. The summed E-state index contributed by atoms with van der Waals surface area (Å²) in [5.74, 6) is -0.453. The van der Waals surface area contributed by atoms with Gasteiger partial charge >= 0.3 is 0 Å². The average Bonchev–Trinajstić information content (AvgIpc) is 2.83. The van der Waals surface area contributed by atoms with Gasteiger partial charge in [-0.15, -0.1) is 0 Å². The Hall–Kier alpha value is -2.98. The first-order chi connectivity index (χ1) is 16.7. The number of likely N-dealkylation sites (tertiary alicyclic amines) is 1. The van der Waals surface area contributed by atoms with Gasteiger partial charge in [0, 0.05) is 37.5 Å². The lowest BCUT2D eigenvalue weighted by Crippen LogP contribution is -2.46. The van der Waals surface area contributed by atoms with E-state index in [-0.39, 0.29) is 29.4 Å². The summed E-state index contributed by atoms with van der Waals surface area (Å²) in [7, 11) is -3.69. The van der Waals surface area contributed by atoms with E-state index in [1.165, 1.54) is 18.5 Å². The van der Waals surface area contributed by atoms with E-state index in [1.54, 1.807) is 41.3 Å². The predicted octanol–water partition coefficient (Wildman–Crippen LogP) is 4.01. The molecule has 3 aromatic rings. The molecular formula is C25H27F2N3O4S. The van der Waals surface area contributed by atoms with Crippen molar-refractivity contribution in [1.82, 2.24) is 14.9 Å². The van der Waals surface area contributed by atoms with E-state index in [2.05, 4.69) is 9.97 Å². The van der Waals surface area contributed by atoms with Crippen molar-refractivity contribution in [1.29, 1.82) is 0 Å². The second-order valence-corrected chi connectivity index (χ2v) is 10.9. The predicted molar refractivity (Wildman–Crippen MR) is 127 cm³/mol. The number of carbonyl (C=O) groups excluding carboxylic acids is 1. The number of nitrogens with zero attached hydrogens (tertiary/aromatic N) is 3. The SMILES string of the molecule is O=C(c1ccc(CS(=O)(=O)c2cccc3nccnc23)cc1)N1CCC(O)(CCCC(F)F)CC1. The Bertz CT molecular complexity index is 1290. The van der Waals surface area contributed by atoms with E-state index in [4.69, 9.17) is 0 Å². The maximum absolute atomic E-state index is 13.0. The number of hydrogen-bond donors (Lipinski definition) is 1. The van der Waals surface area contributed by atoms with E-state index in [1.807, 2.05) is 0 Å². The van der Waals surface area contributed by atoms with Crippen molar-refractivity contribution < 1.29 is 27.1 Å². The summed E-state index contributed by atoms with van der Waals surface area (Å²) >= 11 is 0. The van der Waals surface area contributed by atoms with Crippen molar-refractivity contribution in [2.24, 2.45) is 0 Å². The molecule has 4 rings (SSSR count). The summed E-state index contributed by atoms with van der Waals surface area (Å²) in [4.78, 5) is 22.9. The Morgan fingerprint density at radius 1 is 1.06 bits per heavy atom. The molecule has 2 aromatic carbocycles. The van der Waals surface area contributed by atoms with Crippen molar-refractivity contribution in [3.8, 4) is 0 Å². The number of piperidine rings is 1. The molecule has 0 bridgehead atoms. The lowest BCUT2D eigenvalue weighted by atomic mass is 9.86. The van der Waals surface area contributed by atoms with Gasteiger partial charge in [-0.25, -0.2) is 17.2 Å². The summed E-state index contributed by atoms with van der Waals surface area (Å²) in [5.41, 5.74) is 0.758. The molecule has 1 N–H and O–H groups in total. The molecule has 0 aliphatic carbocycles. The Balaban J connectivity index is 1.39. The number of alkyl halides is 2. The fourth-order valence-electron chi connectivity index (χ4n) is 4.40. The highest BCUT2D eigenvalue weighted by Crippen LogP contribution is 2.29. The number of rotatable bonds is 8. The first kappa shape index (κ1) is 25.1. The molecular weight excluding hydrogens is 476 g/mol. The zero-order valence-electron chi connectivity index (χ0n) is 19.1. The highest BCUT2D eigenvalue weighted by Gasteiger charge is 2.34. The van der Waals surface area contributed by atoms with Crippen molar-refractivity contribution in [3.05, 3.63) is 66.0 Å². The van der Waals surface area contributed by atoms with Gasteiger partial charge in [0.05, 0.1) is 21.8 Å². The fraction of sp³-hybridized carbons (Fsp3) is 0.400. The number of aromatic nitrogens is 2. The topological polar surface area (TPSA) is 100 Å². The molecule has 0 spiro atoms. The van der Waals surface area contributed by atoms with E-state index < -0.39 is 21.9 Å². The third-order valence-electron chi connectivity index (χ3n) is 6.40. The van der Waals surface area contributed by atoms with Crippen LogP contribution >= 0.6 is 0 Å². The number of sulfone groups is 1. The monoisotopic (exact) mass is 503 g/mol. The normalized spacial score (nSPS) is 16.1. The van der Waals surface area contributed by atoms with Gasteiger partial charge in [-0.2, -0.15) is 0 Å². The molecule has 186 valence electrons. The van der Waals surface area contributed by atoms with Crippen LogP contribution in [0, 0.1) is 0 Å². The Morgan fingerprint density at radius 3 is 2.43 bits per heavy atom. The molecule has 10 heteroatoms. The summed E-state index contributed by atoms with van der Waals surface area (Å²) in [5, 5.41) is 10.6. The average molecular weight is 504 g/mol. The first-order valence-electron chi connectivity index (χ1n) is 11.5. The zero-order chi connectivity index (χ0) is 25.1. The van der Waals surface area contributed by atoms with Crippen LogP contribution in [-0.4, -0.2) is 59.4 Å². The van der Waals surface area contributed by atoms with Crippen molar-refractivity contribution in [2.45, 2.75) is 54.8 Å². The Kier molecular flexibility index (Phi) is 7.42. The number of benzene rings is 2.